The molecular formula is C51H76N8O5. The van der Waals surface area contributed by atoms with Crippen LogP contribution in [0.15, 0.2) is 84.7 Å². The second-order valence-electron chi connectivity index (χ2n) is 16.2. The van der Waals surface area contributed by atoms with E-state index in [4.69, 9.17) is 20.2 Å². The molecule has 2 aromatic heterocycles. The third kappa shape index (κ3) is 15.1. The standard InChI is InChI=1S/C29H38N4O2.C21H33N3O2.CH5NO/c1-4-27-26-18-17-24(19-28(26)33(31-27)25-15-11-8-12-16-25)29(34)30-21(2)22(3)32-35-20-23-13-9-6-5-7-10-14-23;1-7-12-18-19(11-5)22-24(17(9-3)10-4)20(18)15-16(8-2)21(26)23(6)13-14-25;1-2-3/h5-7,9,14,17-19,21,25,32H,3-4,8,10-13,15-16,20H2,1-2H3,(H,30,34);7,14-15,17H,1,8-13H2,2-6H3;2-3H,1H3/b7-5?,9-6-,23-14+;16-15+;. The molecule has 0 spiro atoms. The van der Waals surface area contributed by atoms with Crippen molar-refractivity contribution in [1.82, 2.24) is 40.7 Å². The number of aldehydes is 1. The number of hydrogen-bond donors (Lipinski definition) is 4. The van der Waals surface area contributed by atoms with Crippen LogP contribution in [0.4, 0.5) is 0 Å². The molecule has 1 aromatic carbocycles. The number of benzene rings is 1. The number of nitrogens with one attached hydrogen (secondary N) is 3. The normalized spacial score (nSPS) is 15.9. The minimum atomic E-state index is -0.290. The molecule has 13 heteroatoms. The fourth-order valence-corrected chi connectivity index (χ4v) is 7.94. The molecule has 1 saturated carbocycles. The molecule has 2 heterocycles. The molecule has 1 atom stereocenters. The highest BCUT2D eigenvalue weighted by atomic mass is 16.6. The van der Waals surface area contributed by atoms with Crippen LogP contribution in [0.5, 0.6) is 0 Å². The molecule has 4 N–H and O–H groups in total. The third-order valence-corrected chi connectivity index (χ3v) is 11.7. The van der Waals surface area contributed by atoms with E-state index in [2.05, 4.69) is 91.4 Å². The van der Waals surface area contributed by atoms with Crippen molar-refractivity contribution >= 4 is 35.1 Å². The van der Waals surface area contributed by atoms with Crippen molar-refractivity contribution in [2.75, 3.05) is 27.2 Å². The zero-order chi connectivity index (χ0) is 47.0. The summed E-state index contributed by atoms with van der Waals surface area (Å²) in [6, 6.07) is 6.36. The van der Waals surface area contributed by atoms with E-state index < -0.39 is 0 Å². The predicted octanol–water partition coefficient (Wildman–Crippen LogP) is 9.67. The van der Waals surface area contributed by atoms with Crippen molar-refractivity contribution in [1.29, 1.82) is 0 Å². The Balaban J connectivity index is 0.000000335. The van der Waals surface area contributed by atoms with Crippen molar-refractivity contribution in [2.45, 2.75) is 143 Å². The number of allylic oxidation sites excluding steroid dienone is 6. The number of hydrogen-bond acceptors (Lipinski definition) is 9. The number of carbonyl (C=O) groups is 3. The summed E-state index contributed by atoms with van der Waals surface area (Å²) in [6.07, 6.45) is 28.0. The molecule has 1 unspecified atom stereocenters. The Kier molecular flexibility index (Phi) is 23.5. The number of hydroxylamine groups is 2. The van der Waals surface area contributed by atoms with Crippen LogP contribution in [0, 0.1) is 0 Å². The zero-order valence-corrected chi connectivity index (χ0v) is 39.9. The number of fused-ring (bicyclic) bond motifs is 1. The average Bonchev–Trinajstić information content (AvgIpc) is 3.84. The van der Waals surface area contributed by atoms with Crippen molar-refractivity contribution in [3.05, 3.63) is 113 Å². The first-order chi connectivity index (χ1) is 31.0. The van der Waals surface area contributed by atoms with Crippen LogP contribution < -0.4 is 16.3 Å². The number of amides is 2. The summed E-state index contributed by atoms with van der Waals surface area (Å²) in [7, 11) is 3.08. The first-order valence-corrected chi connectivity index (χ1v) is 23.3. The van der Waals surface area contributed by atoms with Crippen molar-refractivity contribution in [3.8, 4) is 0 Å². The third-order valence-electron chi connectivity index (χ3n) is 11.7. The maximum atomic E-state index is 13.1. The van der Waals surface area contributed by atoms with Gasteiger partial charge in [0.25, 0.3) is 5.91 Å². The van der Waals surface area contributed by atoms with Gasteiger partial charge in [-0.1, -0.05) is 103 Å². The molecule has 5 rings (SSSR count). The van der Waals surface area contributed by atoms with Gasteiger partial charge in [-0.15, -0.1) is 6.58 Å². The summed E-state index contributed by atoms with van der Waals surface area (Å²) in [5.74, 6) is -0.240. The fourth-order valence-electron chi connectivity index (χ4n) is 7.94. The fraction of sp³-hybridized carbons (Fsp3) is 0.510. The second-order valence-corrected chi connectivity index (χ2v) is 16.2. The van der Waals surface area contributed by atoms with Crippen LogP contribution >= 0.6 is 0 Å². The SMILES string of the molecule is C=C(NOC/C1=C/CC=C/C=C\C1)C(C)NC(=O)c1ccc2c(CC)nn(C3CCCCC3)c2c1.C=CCc1c(CC)nn(C(CC)CC)c1/C=C(\CC)C(=O)N(C)CC=O.CNO. The molecule has 2 amide bonds. The topological polar surface area (TPSA) is 156 Å². The molecular weight excluding hydrogens is 805 g/mol. The lowest BCUT2D eigenvalue weighted by Crippen LogP contribution is -2.38. The van der Waals surface area contributed by atoms with E-state index in [1.54, 1.807) is 12.5 Å². The van der Waals surface area contributed by atoms with Crippen molar-refractivity contribution < 1.29 is 24.4 Å². The van der Waals surface area contributed by atoms with Crippen LogP contribution in [-0.4, -0.2) is 81.1 Å². The Labute approximate surface area is 382 Å². The summed E-state index contributed by atoms with van der Waals surface area (Å²) >= 11 is 0. The van der Waals surface area contributed by atoms with Crippen LogP contribution in [0.2, 0.25) is 0 Å². The predicted molar refractivity (Wildman–Crippen MR) is 260 cm³/mol. The summed E-state index contributed by atoms with van der Waals surface area (Å²) in [5.41, 5.74) is 13.2. The number of likely N-dealkylation sites (N-methyl/N-ethyl adjacent to an activating group) is 1. The number of aromatic nitrogens is 4. The minimum Gasteiger partial charge on any atom is -0.344 e. The summed E-state index contributed by atoms with van der Waals surface area (Å²) < 4.78 is 4.26. The quantitative estimate of drug-likeness (QED) is 0.0376. The molecule has 13 nitrogen and oxygen atoms in total. The molecule has 1 fully saturated rings. The minimum absolute atomic E-state index is 0.0989. The Morgan fingerprint density at radius 1 is 1.03 bits per heavy atom. The number of carbonyl (C=O) groups excluding carboxylic acids is 3. The Bertz CT molecular complexity index is 2100. The van der Waals surface area contributed by atoms with Crippen molar-refractivity contribution in [3.63, 3.8) is 0 Å². The van der Waals surface area contributed by atoms with Gasteiger partial charge in [-0.2, -0.15) is 10.2 Å². The molecule has 3 aromatic rings. The lowest BCUT2D eigenvalue weighted by molar-refractivity contribution is -0.128. The maximum absolute atomic E-state index is 13.1. The number of rotatable bonds is 20. The van der Waals surface area contributed by atoms with E-state index in [1.807, 2.05) is 44.2 Å². The van der Waals surface area contributed by atoms with Gasteiger partial charge in [0.1, 0.15) is 6.29 Å². The van der Waals surface area contributed by atoms with Gasteiger partial charge in [-0.25, -0.2) is 5.48 Å². The molecule has 2 aliphatic carbocycles. The molecule has 2 aliphatic rings. The van der Waals surface area contributed by atoms with Crippen LogP contribution in [0.1, 0.15) is 151 Å². The largest absolute Gasteiger partial charge is 0.344 e. The van der Waals surface area contributed by atoms with Crippen LogP contribution in [0.3, 0.4) is 0 Å². The number of nitrogens with zero attached hydrogens (tertiary/aromatic N) is 5. The first kappa shape index (κ1) is 53.0. The molecule has 0 bridgehead atoms. The monoisotopic (exact) mass is 881 g/mol. The Hall–Kier alpha value is -5.37. The Morgan fingerprint density at radius 2 is 1.72 bits per heavy atom. The Morgan fingerprint density at radius 3 is 2.34 bits per heavy atom. The number of aryl methyl sites for hydroxylation is 2. The zero-order valence-electron chi connectivity index (χ0n) is 39.9. The van der Waals surface area contributed by atoms with E-state index in [9.17, 15) is 14.4 Å². The summed E-state index contributed by atoms with van der Waals surface area (Å²) in [5, 5.41) is 21.3. The summed E-state index contributed by atoms with van der Waals surface area (Å²) in [6.45, 7) is 20.9. The molecule has 350 valence electrons. The molecule has 0 saturated heterocycles. The molecule has 0 radical (unpaired) electrons. The molecule has 0 aliphatic heterocycles. The van der Waals surface area contributed by atoms with E-state index in [-0.39, 0.29) is 24.4 Å². The highest BCUT2D eigenvalue weighted by Crippen LogP contribution is 2.32. The van der Waals surface area contributed by atoms with Gasteiger partial charge in [0.15, 0.2) is 0 Å². The molecule has 64 heavy (non-hydrogen) atoms. The maximum Gasteiger partial charge on any atom is 0.251 e. The highest BCUT2D eigenvalue weighted by Gasteiger charge is 2.23. The second kappa shape index (κ2) is 28.4. The van der Waals surface area contributed by atoms with E-state index >= 15 is 0 Å². The van der Waals surface area contributed by atoms with Gasteiger partial charge < -0.3 is 20.2 Å². The highest BCUT2D eigenvalue weighted by molar-refractivity contribution is 5.99. The smallest absolute Gasteiger partial charge is 0.251 e. The average molecular weight is 881 g/mol. The van der Waals surface area contributed by atoms with Gasteiger partial charge in [0.05, 0.1) is 59.6 Å². The lowest BCUT2D eigenvalue weighted by Gasteiger charge is -2.23. The van der Waals surface area contributed by atoms with Crippen molar-refractivity contribution in [2.24, 2.45) is 0 Å². The van der Waals surface area contributed by atoms with Gasteiger partial charge in [-0.3, -0.25) is 29.3 Å². The van der Waals surface area contributed by atoms with E-state index in [0.29, 0.717) is 41.9 Å². The van der Waals surface area contributed by atoms with Gasteiger partial charge in [0.2, 0.25) is 5.91 Å². The van der Waals surface area contributed by atoms with Gasteiger partial charge in [-0.05, 0) is 94.9 Å². The van der Waals surface area contributed by atoms with E-state index in [0.717, 1.165) is 97.6 Å². The van der Waals surface area contributed by atoms with Crippen LogP contribution in [0.25, 0.3) is 17.0 Å². The van der Waals surface area contributed by atoms with Gasteiger partial charge >= 0.3 is 0 Å². The van der Waals surface area contributed by atoms with E-state index in [1.165, 1.54) is 36.8 Å². The first-order valence-electron chi connectivity index (χ1n) is 23.3. The van der Waals surface area contributed by atoms with Gasteiger partial charge in [0, 0.05) is 36.2 Å². The summed E-state index contributed by atoms with van der Waals surface area (Å²) in [4.78, 5) is 43.6. The van der Waals surface area contributed by atoms with Crippen LogP contribution in [-0.2, 0) is 33.7 Å². The lowest BCUT2D eigenvalue weighted by atomic mass is 9.95.